The summed E-state index contributed by atoms with van der Waals surface area (Å²) in [7, 11) is 0. The maximum Gasteiger partial charge on any atom is 0.243 e. The number of hydrogen-bond acceptors (Lipinski definition) is 3. The third kappa shape index (κ3) is 5.04. The van der Waals surface area contributed by atoms with Gasteiger partial charge in [-0.15, -0.1) is 0 Å². The Labute approximate surface area is 167 Å². The Hall–Kier alpha value is -1.93. The molecule has 3 N–H and O–H groups in total. The van der Waals surface area contributed by atoms with Crippen LogP contribution < -0.4 is 16.2 Å². The minimum Gasteiger partial charge on any atom is -0.331 e. The molecule has 0 spiro atoms. The molecule has 8 heteroatoms. The topological polar surface area (TPSA) is 71.0 Å². The van der Waals surface area contributed by atoms with Crippen molar-refractivity contribution >= 4 is 44.9 Å². The van der Waals surface area contributed by atoms with E-state index in [1.165, 1.54) is 0 Å². The second kappa shape index (κ2) is 8.64. The van der Waals surface area contributed by atoms with Crippen LogP contribution in [0.25, 0.3) is 0 Å². The highest BCUT2D eigenvalue weighted by Crippen LogP contribution is 2.20. The normalized spacial score (nSPS) is 11.8. The molecule has 140 valence electrons. The number of halogens is 1. The van der Waals surface area contributed by atoms with E-state index in [0.717, 1.165) is 32.7 Å². The molecule has 0 radical (unpaired) electrons. The minimum absolute atomic E-state index is 0.154. The quantitative estimate of drug-likeness (QED) is 0.503. The first-order valence-corrected chi connectivity index (χ1v) is 9.52. The molecule has 0 bridgehead atoms. The number of benzene rings is 1. The van der Waals surface area contributed by atoms with E-state index in [2.05, 4.69) is 37.2 Å². The maximum atomic E-state index is 12.3. The molecule has 0 unspecified atom stereocenters. The summed E-state index contributed by atoms with van der Waals surface area (Å²) in [6.45, 7) is 10.2. The van der Waals surface area contributed by atoms with Crippen molar-refractivity contribution in [2.75, 3.05) is 5.32 Å². The van der Waals surface area contributed by atoms with Gasteiger partial charge in [0.2, 0.25) is 5.91 Å². The standard InChI is InChI=1S/C18H24BrN5OS/c1-10-6-7-11(2)15(8-10)20-18(26)22-21-17(25)12(3)9-24-14(5)16(19)13(4)23-24/h6-8,12H,9H2,1-5H3,(H,21,25)(H2,20,22,26)/t12-/m0/s1. The van der Waals surface area contributed by atoms with E-state index in [4.69, 9.17) is 12.2 Å². The van der Waals surface area contributed by atoms with Crippen LogP contribution in [0.3, 0.4) is 0 Å². The Bertz CT molecular complexity index is 833. The molecule has 2 rings (SSSR count). The van der Waals surface area contributed by atoms with Gasteiger partial charge in [-0.25, -0.2) is 0 Å². The van der Waals surface area contributed by atoms with Crippen molar-refractivity contribution in [2.24, 2.45) is 5.92 Å². The Morgan fingerprint density at radius 2 is 1.96 bits per heavy atom. The molecule has 1 heterocycles. The summed E-state index contributed by atoms with van der Waals surface area (Å²) < 4.78 is 2.80. The summed E-state index contributed by atoms with van der Waals surface area (Å²) >= 11 is 8.75. The van der Waals surface area contributed by atoms with Crippen molar-refractivity contribution < 1.29 is 4.79 Å². The van der Waals surface area contributed by atoms with E-state index < -0.39 is 0 Å². The number of thiocarbonyl (C=S) groups is 1. The summed E-state index contributed by atoms with van der Waals surface area (Å²) in [5.74, 6) is -0.422. The number of amides is 1. The fourth-order valence-corrected chi connectivity index (χ4v) is 2.91. The van der Waals surface area contributed by atoms with Crippen molar-refractivity contribution in [2.45, 2.75) is 41.2 Å². The van der Waals surface area contributed by atoms with Crippen LogP contribution in [-0.4, -0.2) is 20.8 Å². The van der Waals surface area contributed by atoms with E-state index in [1.54, 1.807) is 0 Å². The highest BCUT2D eigenvalue weighted by molar-refractivity contribution is 9.10. The van der Waals surface area contributed by atoms with Crippen molar-refractivity contribution in [1.82, 2.24) is 20.6 Å². The van der Waals surface area contributed by atoms with Gasteiger partial charge < -0.3 is 5.32 Å². The van der Waals surface area contributed by atoms with Crippen LogP contribution in [0.5, 0.6) is 0 Å². The van der Waals surface area contributed by atoms with Gasteiger partial charge in [0, 0.05) is 11.4 Å². The lowest BCUT2D eigenvalue weighted by Gasteiger charge is -2.16. The van der Waals surface area contributed by atoms with Crippen molar-refractivity contribution in [3.63, 3.8) is 0 Å². The molecule has 0 aliphatic carbocycles. The van der Waals surface area contributed by atoms with E-state index in [-0.39, 0.29) is 11.8 Å². The summed E-state index contributed by atoms with van der Waals surface area (Å²) in [5.41, 5.74) is 10.4. The van der Waals surface area contributed by atoms with Crippen molar-refractivity contribution in [3.05, 3.63) is 45.2 Å². The van der Waals surface area contributed by atoms with Crippen LogP contribution in [0.4, 0.5) is 5.69 Å². The highest BCUT2D eigenvalue weighted by atomic mass is 79.9. The number of aromatic nitrogens is 2. The molecule has 0 aliphatic rings. The number of hydrogen-bond donors (Lipinski definition) is 3. The molecule has 2 aromatic rings. The number of nitrogens with zero attached hydrogens (tertiary/aromatic N) is 2. The first-order chi connectivity index (χ1) is 12.2. The van der Waals surface area contributed by atoms with Crippen LogP contribution in [0.1, 0.15) is 29.4 Å². The average Bonchev–Trinajstić information content (AvgIpc) is 2.83. The fraction of sp³-hybridized carbons (Fsp3) is 0.389. The minimum atomic E-state index is -0.268. The largest absolute Gasteiger partial charge is 0.331 e. The third-order valence-electron chi connectivity index (χ3n) is 4.13. The van der Waals surface area contributed by atoms with Crippen LogP contribution in [-0.2, 0) is 11.3 Å². The van der Waals surface area contributed by atoms with E-state index in [9.17, 15) is 4.79 Å². The van der Waals surface area contributed by atoms with Gasteiger partial charge in [0.05, 0.1) is 22.6 Å². The summed E-state index contributed by atoms with van der Waals surface area (Å²) in [5, 5.41) is 7.87. The molecule has 1 amide bonds. The van der Waals surface area contributed by atoms with Crippen molar-refractivity contribution in [3.8, 4) is 0 Å². The molecule has 6 nitrogen and oxygen atoms in total. The van der Waals surface area contributed by atoms with Gasteiger partial charge >= 0.3 is 0 Å². The van der Waals surface area contributed by atoms with Gasteiger partial charge in [-0.1, -0.05) is 19.1 Å². The molecule has 1 aromatic heterocycles. The molecule has 1 atom stereocenters. The van der Waals surface area contributed by atoms with Crippen LogP contribution >= 0.6 is 28.1 Å². The van der Waals surface area contributed by atoms with Gasteiger partial charge in [0.25, 0.3) is 0 Å². The molecule has 26 heavy (non-hydrogen) atoms. The van der Waals surface area contributed by atoms with E-state index in [0.29, 0.717) is 11.7 Å². The van der Waals surface area contributed by atoms with Crippen LogP contribution in [0, 0.1) is 33.6 Å². The zero-order chi connectivity index (χ0) is 19.4. The van der Waals surface area contributed by atoms with Gasteiger partial charge in [0.1, 0.15) is 0 Å². The van der Waals surface area contributed by atoms with E-state index >= 15 is 0 Å². The SMILES string of the molecule is Cc1ccc(C)c(NC(=S)NNC(=O)[C@@H](C)Cn2nc(C)c(Br)c2C)c1. The smallest absolute Gasteiger partial charge is 0.243 e. The lowest BCUT2D eigenvalue weighted by atomic mass is 10.1. The number of aryl methyl sites for hydroxylation is 3. The molecule has 1 aromatic carbocycles. The fourth-order valence-electron chi connectivity index (χ4n) is 2.46. The zero-order valence-corrected chi connectivity index (χ0v) is 18.0. The number of hydrazine groups is 1. The monoisotopic (exact) mass is 437 g/mol. The first kappa shape index (κ1) is 20.4. The number of carbonyl (C=O) groups is 1. The van der Waals surface area contributed by atoms with Gasteiger partial charge in [-0.2, -0.15) is 5.10 Å². The van der Waals surface area contributed by atoms with Gasteiger partial charge in [0.15, 0.2) is 5.11 Å². The average molecular weight is 438 g/mol. The lowest BCUT2D eigenvalue weighted by molar-refractivity contribution is -0.125. The third-order valence-corrected chi connectivity index (χ3v) is 5.48. The van der Waals surface area contributed by atoms with Gasteiger partial charge in [-0.05, 0) is 73.0 Å². The summed E-state index contributed by atoms with van der Waals surface area (Å²) in [4.78, 5) is 12.3. The number of rotatable bonds is 4. The Morgan fingerprint density at radius 1 is 1.27 bits per heavy atom. The number of carbonyl (C=O) groups excluding carboxylic acids is 1. The van der Waals surface area contributed by atoms with Crippen LogP contribution in [0.15, 0.2) is 22.7 Å². The molecular formula is C18H24BrN5OS. The predicted octanol–water partition coefficient (Wildman–Crippen LogP) is 3.53. The van der Waals surface area contributed by atoms with Crippen LogP contribution in [0.2, 0.25) is 0 Å². The molecular weight excluding hydrogens is 414 g/mol. The first-order valence-electron chi connectivity index (χ1n) is 8.32. The molecule has 0 fully saturated rings. The number of nitrogens with one attached hydrogen (secondary N) is 3. The van der Waals surface area contributed by atoms with Crippen molar-refractivity contribution in [1.29, 1.82) is 0 Å². The second-order valence-corrected chi connectivity index (χ2v) is 7.66. The summed E-state index contributed by atoms with van der Waals surface area (Å²) in [6, 6.07) is 6.07. The summed E-state index contributed by atoms with van der Waals surface area (Å²) in [6.07, 6.45) is 0. The van der Waals surface area contributed by atoms with Gasteiger partial charge in [-0.3, -0.25) is 20.3 Å². The molecule has 0 saturated heterocycles. The Morgan fingerprint density at radius 3 is 2.58 bits per heavy atom. The Kier molecular flexibility index (Phi) is 6.77. The predicted molar refractivity (Wildman–Crippen MR) is 112 cm³/mol. The highest BCUT2D eigenvalue weighted by Gasteiger charge is 2.17. The molecule has 0 saturated carbocycles. The Balaban J connectivity index is 1.88. The maximum absolute atomic E-state index is 12.3. The van der Waals surface area contributed by atoms with E-state index in [1.807, 2.05) is 57.5 Å². The molecule has 0 aliphatic heterocycles. The second-order valence-electron chi connectivity index (χ2n) is 6.45. The number of anilines is 1. The zero-order valence-electron chi connectivity index (χ0n) is 15.6. The lowest BCUT2D eigenvalue weighted by Crippen LogP contribution is -2.46.